The standard InChI is InChI=1S/C14H19NO/c15-14(7-2-1-3-8-14)12-4-5-13-11(10-12)6-9-16-13/h4-5,10H,1-3,6-9,15H2. The highest BCUT2D eigenvalue weighted by Crippen LogP contribution is 2.37. The third-order valence-corrected chi connectivity index (χ3v) is 4.01. The van der Waals surface area contributed by atoms with E-state index < -0.39 is 0 Å². The minimum atomic E-state index is -0.0735. The Kier molecular flexibility index (Phi) is 2.40. The van der Waals surface area contributed by atoms with Gasteiger partial charge in [0.1, 0.15) is 5.75 Å². The van der Waals surface area contributed by atoms with Crippen molar-refractivity contribution in [3.63, 3.8) is 0 Å². The van der Waals surface area contributed by atoms with Gasteiger partial charge >= 0.3 is 0 Å². The van der Waals surface area contributed by atoms with Crippen LogP contribution < -0.4 is 10.5 Å². The van der Waals surface area contributed by atoms with E-state index in [2.05, 4.69) is 18.2 Å². The van der Waals surface area contributed by atoms with Crippen molar-refractivity contribution in [1.29, 1.82) is 0 Å². The smallest absolute Gasteiger partial charge is 0.122 e. The fourth-order valence-corrected chi connectivity index (χ4v) is 2.97. The molecule has 3 rings (SSSR count). The quantitative estimate of drug-likeness (QED) is 0.785. The van der Waals surface area contributed by atoms with Crippen molar-refractivity contribution in [1.82, 2.24) is 0 Å². The molecule has 2 N–H and O–H groups in total. The summed E-state index contributed by atoms with van der Waals surface area (Å²) < 4.78 is 5.53. The highest BCUT2D eigenvalue weighted by atomic mass is 16.5. The average Bonchev–Trinajstić information content (AvgIpc) is 2.77. The second-order valence-corrected chi connectivity index (χ2v) is 5.14. The van der Waals surface area contributed by atoms with Gasteiger partial charge in [-0.1, -0.05) is 31.4 Å². The van der Waals surface area contributed by atoms with Crippen LogP contribution >= 0.6 is 0 Å². The summed E-state index contributed by atoms with van der Waals surface area (Å²) in [6.07, 6.45) is 7.18. The maximum Gasteiger partial charge on any atom is 0.122 e. The van der Waals surface area contributed by atoms with Crippen LogP contribution in [-0.2, 0) is 12.0 Å². The molecule has 0 saturated heterocycles. The van der Waals surface area contributed by atoms with Crippen molar-refractivity contribution in [2.24, 2.45) is 5.73 Å². The zero-order valence-corrected chi connectivity index (χ0v) is 9.67. The van der Waals surface area contributed by atoms with Crippen LogP contribution in [0.25, 0.3) is 0 Å². The lowest BCUT2D eigenvalue weighted by Gasteiger charge is -2.34. The van der Waals surface area contributed by atoms with Gasteiger partial charge < -0.3 is 10.5 Å². The predicted molar refractivity (Wildman–Crippen MR) is 64.6 cm³/mol. The maximum atomic E-state index is 6.53. The van der Waals surface area contributed by atoms with Gasteiger partial charge in [-0.05, 0) is 30.0 Å². The molecule has 16 heavy (non-hydrogen) atoms. The summed E-state index contributed by atoms with van der Waals surface area (Å²) in [5.74, 6) is 1.06. The van der Waals surface area contributed by atoms with E-state index in [9.17, 15) is 0 Å². The molecule has 1 fully saturated rings. The number of hydrogen-bond donors (Lipinski definition) is 1. The van der Waals surface area contributed by atoms with E-state index in [1.807, 2.05) is 0 Å². The minimum Gasteiger partial charge on any atom is -0.493 e. The number of rotatable bonds is 1. The first-order valence-electron chi connectivity index (χ1n) is 6.33. The fourth-order valence-electron chi connectivity index (χ4n) is 2.97. The van der Waals surface area contributed by atoms with E-state index in [4.69, 9.17) is 10.5 Å². The molecule has 0 spiro atoms. The Hall–Kier alpha value is -1.02. The van der Waals surface area contributed by atoms with Gasteiger partial charge in [-0.2, -0.15) is 0 Å². The van der Waals surface area contributed by atoms with Crippen molar-refractivity contribution in [3.05, 3.63) is 29.3 Å². The van der Waals surface area contributed by atoms with E-state index in [-0.39, 0.29) is 5.54 Å². The number of benzene rings is 1. The molecule has 0 amide bonds. The van der Waals surface area contributed by atoms with Gasteiger partial charge in [0, 0.05) is 12.0 Å². The third-order valence-electron chi connectivity index (χ3n) is 4.01. The lowest BCUT2D eigenvalue weighted by Crippen LogP contribution is -2.38. The Labute approximate surface area is 96.8 Å². The highest BCUT2D eigenvalue weighted by Gasteiger charge is 2.30. The monoisotopic (exact) mass is 217 g/mol. The summed E-state index contributed by atoms with van der Waals surface area (Å²) in [6.45, 7) is 0.830. The van der Waals surface area contributed by atoms with Gasteiger partial charge in [-0.15, -0.1) is 0 Å². The predicted octanol–water partition coefficient (Wildman–Crippen LogP) is 2.74. The molecule has 1 aromatic carbocycles. The van der Waals surface area contributed by atoms with Gasteiger partial charge in [-0.25, -0.2) is 0 Å². The first kappa shape index (κ1) is 10.2. The van der Waals surface area contributed by atoms with E-state index >= 15 is 0 Å². The van der Waals surface area contributed by atoms with Crippen LogP contribution in [-0.4, -0.2) is 6.61 Å². The summed E-state index contributed by atoms with van der Waals surface area (Å²) in [4.78, 5) is 0. The van der Waals surface area contributed by atoms with Crippen molar-refractivity contribution in [2.45, 2.75) is 44.1 Å². The first-order valence-corrected chi connectivity index (χ1v) is 6.33. The summed E-state index contributed by atoms with van der Waals surface area (Å²) in [5.41, 5.74) is 9.12. The van der Waals surface area contributed by atoms with Crippen LogP contribution in [0.4, 0.5) is 0 Å². The van der Waals surface area contributed by atoms with Gasteiger partial charge in [-0.3, -0.25) is 0 Å². The van der Waals surface area contributed by atoms with Crippen LogP contribution in [0.1, 0.15) is 43.2 Å². The SMILES string of the molecule is NC1(c2ccc3c(c2)CCO3)CCCCC1. The second kappa shape index (κ2) is 3.77. The largest absolute Gasteiger partial charge is 0.493 e. The van der Waals surface area contributed by atoms with Crippen LogP contribution in [0, 0.1) is 0 Å². The average molecular weight is 217 g/mol. The van der Waals surface area contributed by atoms with Crippen molar-refractivity contribution in [2.75, 3.05) is 6.61 Å². The van der Waals surface area contributed by atoms with Crippen molar-refractivity contribution >= 4 is 0 Å². The summed E-state index contributed by atoms with van der Waals surface area (Å²) >= 11 is 0. The molecule has 1 aliphatic carbocycles. The number of hydrogen-bond acceptors (Lipinski definition) is 2. The molecule has 2 nitrogen and oxygen atoms in total. The molecule has 1 heterocycles. The van der Waals surface area contributed by atoms with Crippen molar-refractivity contribution < 1.29 is 4.74 Å². The number of nitrogens with two attached hydrogens (primary N) is 1. The molecule has 0 atom stereocenters. The molecular weight excluding hydrogens is 198 g/mol. The Bertz CT molecular complexity index is 394. The van der Waals surface area contributed by atoms with Gasteiger partial charge in [0.05, 0.1) is 6.61 Å². The van der Waals surface area contributed by atoms with Crippen LogP contribution in [0.3, 0.4) is 0 Å². The second-order valence-electron chi connectivity index (χ2n) is 5.14. The fraction of sp³-hybridized carbons (Fsp3) is 0.571. The number of ether oxygens (including phenoxy) is 1. The molecule has 0 unspecified atom stereocenters. The minimum absolute atomic E-state index is 0.0735. The summed E-state index contributed by atoms with van der Waals surface area (Å²) in [7, 11) is 0. The third kappa shape index (κ3) is 1.61. The Balaban J connectivity index is 1.93. The normalized spacial score (nSPS) is 22.6. The molecule has 1 saturated carbocycles. The Morgan fingerprint density at radius 3 is 2.75 bits per heavy atom. The molecule has 2 aliphatic rings. The van der Waals surface area contributed by atoms with Crippen molar-refractivity contribution in [3.8, 4) is 5.75 Å². The number of fused-ring (bicyclic) bond motifs is 1. The molecule has 2 heteroatoms. The van der Waals surface area contributed by atoms with E-state index in [1.165, 1.54) is 30.4 Å². The van der Waals surface area contributed by atoms with Crippen LogP contribution in [0.2, 0.25) is 0 Å². The van der Waals surface area contributed by atoms with Crippen LogP contribution in [0.5, 0.6) is 5.75 Å². The zero-order chi connectivity index (χ0) is 11.0. The van der Waals surface area contributed by atoms with E-state index in [0.717, 1.165) is 31.6 Å². The van der Waals surface area contributed by atoms with E-state index in [0.29, 0.717) is 0 Å². The molecule has 1 aromatic rings. The molecule has 1 aliphatic heterocycles. The molecule has 0 radical (unpaired) electrons. The molecule has 0 aromatic heterocycles. The molecule has 86 valence electrons. The highest BCUT2D eigenvalue weighted by molar-refractivity contribution is 5.42. The van der Waals surface area contributed by atoms with Gasteiger partial charge in [0.25, 0.3) is 0 Å². The van der Waals surface area contributed by atoms with E-state index in [1.54, 1.807) is 0 Å². The zero-order valence-electron chi connectivity index (χ0n) is 9.67. The maximum absolute atomic E-state index is 6.53. The topological polar surface area (TPSA) is 35.2 Å². The Morgan fingerprint density at radius 2 is 1.94 bits per heavy atom. The molecule has 0 bridgehead atoms. The summed E-state index contributed by atoms with van der Waals surface area (Å²) in [5, 5.41) is 0. The summed E-state index contributed by atoms with van der Waals surface area (Å²) in [6, 6.07) is 6.53. The molecular formula is C14H19NO. The van der Waals surface area contributed by atoms with Gasteiger partial charge in [0.2, 0.25) is 0 Å². The van der Waals surface area contributed by atoms with Gasteiger partial charge in [0.15, 0.2) is 0 Å². The lowest BCUT2D eigenvalue weighted by molar-refractivity contribution is 0.302. The lowest BCUT2D eigenvalue weighted by atomic mass is 9.77. The first-order chi connectivity index (χ1) is 7.78. The van der Waals surface area contributed by atoms with Crippen LogP contribution in [0.15, 0.2) is 18.2 Å². The Morgan fingerprint density at radius 1 is 1.12 bits per heavy atom.